The van der Waals surface area contributed by atoms with E-state index in [0.717, 1.165) is 44.1 Å². The Bertz CT molecular complexity index is 1220. The molecule has 30 heavy (non-hydrogen) atoms. The molecule has 1 aliphatic carbocycles. The first-order valence-electron chi connectivity index (χ1n) is 10.9. The van der Waals surface area contributed by atoms with Crippen LogP contribution in [-0.4, -0.2) is 26.4 Å². The summed E-state index contributed by atoms with van der Waals surface area (Å²) in [5, 5.41) is 12.2. The predicted octanol–water partition coefficient (Wildman–Crippen LogP) is 3.47. The third-order valence-electron chi connectivity index (χ3n) is 6.08. The summed E-state index contributed by atoms with van der Waals surface area (Å²) < 4.78 is 3.38. The number of pyridine rings is 2. The molecule has 4 rings (SSSR count). The summed E-state index contributed by atoms with van der Waals surface area (Å²) in [4.78, 5) is 31.0. The van der Waals surface area contributed by atoms with Gasteiger partial charge in [-0.1, -0.05) is 38.7 Å². The maximum absolute atomic E-state index is 13.3. The lowest BCUT2D eigenvalue weighted by atomic mass is 9.94. The summed E-state index contributed by atoms with van der Waals surface area (Å²) in [6.45, 7) is 4.55. The van der Waals surface area contributed by atoms with Gasteiger partial charge in [0.05, 0.1) is 10.9 Å². The van der Waals surface area contributed by atoms with E-state index in [9.17, 15) is 9.59 Å². The molecule has 1 amide bonds. The van der Waals surface area contributed by atoms with Crippen molar-refractivity contribution < 1.29 is 4.79 Å². The van der Waals surface area contributed by atoms with Crippen molar-refractivity contribution >= 4 is 22.6 Å². The molecule has 0 radical (unpaired) electrons. The molecule has 1 fully saturated rings. The summed E-state index contributed by atoms with van der Waals surface area (Å²) in [7, 11) is 0. The molecule has 7 heteroatoms. The largest absolute Gasteiger partial charge is 0.352 e. The third kappa shape index (κ3) is 3.53. The number of aryl methyl sites for hydroxylation is 1. The molecular weight excluding hydrogens is 378 g/mol. The Morgan fingerprint density at radius 3 is 2.77 bits per heavy atom. The van der Waals surface area contributed by atoms with Gasteiger partial charge in [0.25, 0.3) is 11.5 Å². The molecular formula is C23H29N5O2. The van der Waals surface area contributed by atoms with Crippen LogP contribution in [0.2, 0.25) is 0 Å². The Morgan fingerprint density at radius 1 is 1.27 bits per heavy atom. The quantitative estimate of drug-likeness (QED) is 0.501. The second-order valence-corrected chi connectivity index (χ2v) is 8.22. The molecule has 3 heterocycles. The second kappa shape index (κ2) is 8.42. The Labute approximate surface area is 175 Å². The van der Waals surface area contributed by atoms with Crippen LogP contribution in [0, 0.1) is 12.3 Å². The van der Waals surface area contributed by atoms with Gasteiger partial charge in [-0.15, -0.1) is 0 Å². The Balaban J connectivity index is 2.00. The highest BCUT2D eigenvalue weighted by atomic mass is 16.1. The zero-order chi connectivity index (χ0) is 21.3. The molecule has 2 N–H and O–H groups in total. The van der Waals surface area contributed by atoms with Gasteiger partial charge in [-0.3, -0.25) is 19.4 Å². The number of amides is 1. The summed E-state index contributed by atoms with van der Waals surface area (Å²) in [5.41, 5.74) is 2.20. The molecule has 0 bridgehead atoms. The molecule has 7 nitrogen and oxygen atoms in total. The van der Waals surface area contributed by atoms with Gasteiger partial charge >= 0.3 is 0 Å². The normalized spacial score (nSPS) is 15.0. The Morgan fingerprint density at radius 2 is 2.03 bits per heavy atom. The minimum absolute atomic E-state index is 0.0792. The first-order chi connectivity index (χ1) is 14.5. The van der Waals surface area contributed by atoms with Gasteiger partial charge in [-0.25, -0.2) is 4.98 Å². The fourth-order valence-electron chi connectivity index (χ4n) is 4.40. The lowest BCUT2D eigenvalue weighted by Crippen LogP contribution is -2.37. The number of carbonyl (C=O) groups excluding carboxylic acids is 1. The smallest absolute Gasteiger partial charge is 0.267 e. The number of unbranched alkanes of at least 4 members (excludes halogenated alkanes) is 1. The summed E-state index contributed by atoms with van der Waals surface area (Å²) >= 11 is 0. The molecule has 0 spiro atoms. The number of nitrogens with one attached hydrogen (secondary N) is 2. The van der Waals surface area contributed by atoms with E-state index in [4.69, 9.17) is 10.4 Å². The topological polar surface area (TPSA) is 92.2 Å². The summed E-state index contributed by atoms with van der Waals surface area (Å²) in [5.74, 6) is -0.298. The average Bonchev–Trinajstić information content (AvgIpc) is 2.75. The highest BCUT2D eigenvalue weighted by molar-refractivity contribution is 5.96. The zero-order valence-corrected chi connectivity index (χ0v) is 17.7. The van der Waals surface area contributed by atoms with Gasteiger partial charge in [0, 0.05) is 18.8 Å². The SMILES string of the molecule is CCCCNC(=O)c1cc2c(=O)n3cccc(C)c3nc2n(C2CCCCC2)c1=N. The van der Waals surface area contributed by atoms with Crippen molar-refractivity contribution in [3.05, 3.63) is 51.4 Å². The molecule has 0 aliphatic heterocycles. The number of aromatic nitrogens is 3. The maximum atomic E-state index is 13.3. The van der Waals surface area contributed by atoms with E-state index in [-0.39, 0.29) is 28.6 Å². The molecule has 0 unspecified atom stereocenters. The van der Waals surface area contributed by atoms with Crippen LogP contribution in [0.15, 0.2) is 29.2 Å². The van der Waals surface area contributed by atoms with E-state index in [1.807, 2.05) is 23.6 Å². The lowest BCUT2D eigenvalue weighted by molar-refractivity contribution is 0.0950. The molecule has 158 valence electrons. The average molecular weight is 408 g/mol. The van der Waals surface area contributed by atoms with E-state index in [2.05, 4.69) is 12.2 Å². The highest BCUT2D eigenvalue weighted by Gasteiger charge is 2.23. The van der Waals surface area contributed by atoms with Crippen molar-refractivity contribution in [1.29, 1.82) is 5.41 Å². The van der Waals surface area contributed by atoms with Gasteiger partial charge in [-0.05, 0) is 43.9 Å². The first kappa shape index (κ1) is 20.3. The number of carbonyl (C=O) groups is 1. The maximum Gasteiger partial charge on any atom is 0.267 e. The first-order valence-corrected chi connectivity index (χ1v) is 10.9. The summed E-state index contributed by atoms with van der Waals surface area (Å²) in [6, 6.07) is 5.39. The Kier molecular flexibility index (Phi) is 5.70. The van der Waals surface area contributed by atoms with Gasteiger partial charge in [0.1, 0.15) is 16.8 Å². The van der Waals surface area contributed by atoms with Crippen LogP contribution < -0.4 is 16.4 Å². The van der Waals surface area contributed by atoms with Gasteiger partial charge < -0.3 is 9.88 Å². The molecule has 3 aromatic heterocycles. The minimum atomic E-state index is -0.298. The predicted molar refractivity (Wildman–Crippen MR) is 117 cm³/mol. The van der Waals surface area contributed by atoms with Crippen LogP contribution in [0.25, 0.3) is 16.7 Å². The molecule has 0 saturated heterocycles. The van der Waals surface area contributed by atoms with Crippen LogP contribution in [0.5, 0.6) is 0 Å². The molecule has 1 aliphatic rings. The lowest BCUT2D eigenvalue weighted by Gasteiger charge is -2.26. The third-order valence-corrected chi connectivity index (χ3v) is 6.08. The number of nitrogens with zero attached hydrogens (tertiary/aromatic N) is 3. The molecule has 0 atom stereocenters. The zero-order valence-electron chi connectivity index (χ0n) is 17.7. The van der Waals surface area contributed by atoms with E-state index in [1.54, 1.807) is 12.3 Å². The number of hydrogen-bond acceptors (Lipinski definition) is 4. The van der Waals surface area contributed by atoms with Crippen molar-refractivity contribution in [2.24, 2.45) is 0 Å². The van der Waals surface area contributed by atoms with Crippen LogP contribution in [0.1, 0.15) is 73.8 Å². The van der Waals surface area contributed by atoms with Crippen molar-refractivity contribution in [2.45, 2.75) is 64.8 Å². The van der Waals surface area contributed by atoms with Crippen LogP contribution >= 0.6 is 0 Å². The molecule has 3 aromatic rings. The number of hydrogen-bond donors (Lipinski definition) is 2. The highest BCUT2D eigenvalue weighted by Crippen LogP contribution is 2.29. The van der Waals surface area contributed by atoms with Crippen LogP contribution in [0.4, 0.5) is 0 Å². The van der Waals surface area contributed by atoms with Gasteiger partial charge in [0.15, 0.2) is 0 Å². The van der Waals surface area contributed by atoms with Crippen LogP contribution in [0.3, 0.4) is 0 Å². The van der Waals surface area contributed by atoms with Gasteiger partial charge in [-0.2, -0.15) is 0 Å². The van der Waals surface area contributed by atoms with Gasteiger partial charge in [0.2, 0.25) is 0 Å². The van der Waals surface area contributed by atoms with Crippen molar-refractivity contribution in [2.75, 3.05) is 6.54 Å². The van der Waals surface area contributed by atoms with E-state index in [0.29, 0.717) is 23.2 Å². The number of rotatable bonds is 5. The fourth-order valence-corrected chi connectivity index (χ4v) is 4.40. The Hall–Kier alpha value is -2.96. The standard InChI is InChI=1S/C23H29N5O2/c1-3-4-12-25-22(29)17-14-18-21(28(19(17)24)16-10-6-5-7-11-16)26-20-15(2)9-8-13-27(20)23(18)30/h8-9,13-14,16,24H,3-7,10-12H2,1-2H3,(H,25,29). The van der Waals surface area contributed by atoms with Crippen molar-refractivity contribution in [1.82, 2.24) is 19.3 Å². The van der Waals surface area contributed by atoms with Crippen molar-refractivity contribution in [3.63, 3.8) is 0 Å². The monoisotopic (exact) mass is 407 g/mol. The van der Waals surface area contributed by atoms with E-state index in [1.165, 1.54) is 10.8 Å². The van der Waals surface area contributed by atoms with E-state index >= 15 is 0 Å². The van der Waals surface area contributed by atoms with Crippen molar-refractivity contribution in [3.8, 4) is 0 Å². The minimum Gasteiger partial charge on any atom is -0.352 e. The molecule has 1 saturated carbocycles. The molecule has 0 aromatic carbocycles. The van der Waals surface area contributed by atoms with E-state index < -0.39 is 0 Å². The number of fused-ring (bicyclic) bond motifs is 2. The summed E-state index contributed by atoms with van der Waals surface area (Å²) in [6.07, 6.45) is 8.76. The van der Waals surface area contributed by atoms with Crippen LogP contribution in [-0.2, 0) is 0 Å². The second-order valence-electron chi connectivity index (χ2n) is 8.22. The fraction of sp³-hybridized carbons (Fsp3) is 0.478.